The van der Waals surface area contributed by atoms with Gasteiger partial charge in [-0.15, -0.1) is 0 Å². The SMILES string of the molecule is CC(C)c1cccc(OC2CNC[C@@H]2CN(Cc2ccccc2)c2ccc(Cl)cc2)c1. The fourth-order valence-corrected chi connectivity index (χ4v) is 4.28. The highest BCUT2D eigenvalue weighted by Crippen LogP contribution is 2.26. The maximum absolute atomic E-state index is 6.47. The lowest BCUT2D eigenvalue weighted by Gasteiger charge is -2.30. The molecule has 1 N–H and O–H groups in total. The average Bonchev–Trinajstić information content (AvgIpc) is 3.21. The Labute approximate surface area is 191 Å². The Morgan fingerprint density at radius 2 is 1.74 bits per heavy atom. The summed E-state index contributed by atoms with van der Waals surface area (Å²) in [6.07, 6.45) is 0.146. The molecule has 1 unspecified atom stereocenters. The Hall–Kier alpha value is -2.49. The van der Waals surface area contributed by atoms with Crippen LogP contribution in [0.5, 0.6) is 5.75 Å². The molecule has 0 aliphatic carbocycles. The van der Waals surface area contributed by atoms with Crippen LogP contribution < -0.4 is 15.0 Å². The molecule has 0 spiro atoms. The molecular weight excluding hydrogens is 404 g/mol. The highest BCUT2D eigenvalue weighted by atomic mass is 35.5. The van der Waals surface area contributed by atoms with E-state index in [1.165, 1.54) is 16.8 Å². The number of nitrogens with zero attached hydrogens (tertiary/aromatic N) is 1. The lowest BCUT2D eigenvalue weighted by Crippen LogP contribution is -2.37. The van der Waals surface area contributed by atoms with Crippen LogP contribution in [0.1, 0.15) is 30.9 Å². The third-order valence-corrected chi connectivity index (χ3v) is 6.20. The van der Waals surface area contributed by atoms with Crippen LogP contribution in [0.3, 0.4) is 0 Å². The monoisotopic (exact) mass is 434 g/mol. The van der Waals surface area contributed by atoms with E-state index < -0.39 is 0 Å². The summed E-state index contributed by atoms with van der Waals surface area (Å²) in [5, 5.41) is 4.30. The van der Waals surface area contributed by atoms with Crippen LogP contribution in [-0.4, -0.2) is 25.7 Å². The molecule has 162 valence electrons. The second-order valence-corrected chi connectivity index (χ2v) is 9.08. The van der Waals surface area contributed by atoms with Gasteiger partial charge in [0, 0.05) is 42.8 Å². The standard InChI is InChI=1S/C27H31ClN2O/c1-20(2)22-9-6-10-26(15-22)31-27-17-29-16-23(27)19-30(18-21-7-4-3-5-8-21)25-13-11-24(28)12-14-25/h3-15,20,23,27,29H,16-19H2,1-2H3/t23-,27?/m1/s1. The summed E-state index contributed by atoms with van der Waals surface area (Å²) in [5.74, 6) is 1.85. The normalized spacial score (nSPS) is 18.3. The van der Waals surface area contributed by atoms with Crippen LogP contribution >= 0.6 is 11.6 Å². The van der Waals surface area contributed by atoms with Gasteiger partial charge in [-0.2, -0.15) is 0 Å². The summed E-state index contributed by atoms with van der Waals surface area (Å²) in [7, 11) is 0. The minimum atomic E-state index is 0.146. The van der Waals surface area contributed by atoms with Crippen LogP contribution in [0.15, 0.2) is 78.9 Å². The fraction of sp³-hybridized carbons (Fsp3) is 0.333. The zero-order valence-electron chi connectivity index (χ0n) is 18.3. The summed E-state index contributed by atoms with van der Waals surface area (Å²) < 4.78 is 6.47. The molecule has 3 nitrogen and oxygen atoms in total. The molecule has 2 atom stereocenters. The zero-order valence-corrected chi connectivity index (χ0v) is 19.1. The molecule has 1 heterocycles. The second kappa shape index (κ2) is 10.2. The van der Waals surface area contributed by atoms with Gasteiger partial charge in [-0.3, -0.25) is 0 Å². The van der Waals surface area contributed by atoms with Gasteiger partial charge in [0.2, 0.25) is 0 Å². The quantitative estimate of drug-likeness (QED) is 0.461. The van der Waals surface area contributed by atoms with Gasteiger partial charge in [0.25, 0.3) is 0 Å². The fourth-order valence-electron chi connectivity index (χ4n) is 4.15. The van der Waals surface area contributed by atoms with E-state index in [0.717, 1.165) is 37.0 Å². The van der Waals surface area contributed by atoms with Crippen molar-refractivity contribution in [1.29, 1.82) is 0 Å². The van der Waals surface area contributed by atoms with Gasteiger partial charge in [0.05, 0.1) is 0 Å². The zero-order chi connectivity index (χ0) is 21.6. The van der Waals surface area contributed by atoms with E-state index in [-0.39, 0.29) is 6.10 Å². The minimum Gasteiger partial charge on any atom is -0.489 e. The number of hydrogen-bond donors (Lipinski definition) is 1. The first-order valence-electron chi connectivity index (χ1n) is 11.1. The number of rotatable bonds is 8. The largest absolute Gasteiger partial charge is 0.489 e. The lowest BCUT2D eigenvalue weighted by molar-refractivity contribution is 0.175. The summed E-state index contributed by atoms with van der Waals surface area (Å²) in [6, 6.07) is 27.3. The van der Waals surface area contributed by atoms with Crippen molar-refractivity contribution in [3.8, 4) is 5.75 Å². The lowest BCUT2D eigenvalue weighted by atomic mass is 10.0. The van der Waals surface area contributed by atoms with E-state index in [2.05, 4.69) is 90.8 Å². The number of benzene rings is 3. The van der Waals surface area contributed by atoms with Gasteiger partial charge in [-0.05, 0) is 53.4 Å². The third-order valence-electron chi connectivity index (χ3n) is 5.95. The molecule has 4 rings (SSSR count). The summed E-state index contributed by atoms with van der Waals surface area (Å²) in [4.78, 5) is 2.43. The molecule has 1 saturated heterocycles. The van der Waals surface area contributed by atoms with Crippen molar-refractivity contribution in [2.24, 2.45) is 5.92 Å². The number of halogens is 1. The minimum absolute atomic E-state index is 0.146. The molecule has 0 bridgehead atoms. The molecule has 1 aliphatic rings. The van der Waals surface area contributed by atoms with Gasteiger partial charge < -0.3 is 15.0 Å². The van der Waals surface area contributed by atoms with Crippen LogP contribution in [-0.2, 0) is 6.54 Å². The molecule has 0 amide bonds. The third kappa shape index (κ3) is 5.81. The Morgan fingerprint density at radius 3 is 2.48 bits per heavy atom. The molecule has 31 heavy (non-hydrogen) atoms. The molecule has 3 aromatic carbocycles. The summed E-state index contributed by atoms with van der Waals surface area (Å²) >= 11 is 6.15. The second-order valence-electron chi connectivity index (χ2n) is 8.64. The maximum Gasteiger partial charge on any atom is 0.120 e. The van der Waals surface area contributed by atoms with Crippen molar-refractivity contribution >= 4 is 17.3 Å². The van der Waals surface area contributed by atoms with Gasteiger partial charge >= 0.3 is 0 Å². The molecule has 0 radical (unpaired) electrons. The Kier molecular flexibility index (Phi) is 7.16. The van der Waals surface area contributed by atoms with Gasteiger partial charge in [0.1, 0.15) is 11.9 Å². The first-order chi connectivity index (χ1) is 15.1. The predicted molar refractivity (Wildman–Crippen MR) is 130 cm³/mol. The van der Waals surface area contributed by atoms with Crippen LogP contribution in [0, 0.1) is 5.92 Å². The molecule has 1 fully saturated rings. The van der Waals surface area contributed by atoms with Crippen molar-refractivity contribution in [3.63, 3.8) is 0 Å². The van der Waals surface area contributed by atoms with Crippen molar-refractivity contribution in [3.05, 3.63) is 95.0 Å². The molecule has 4 heteroatoms. The van der Waals surface area contributed by atoms with Gasteiger partial charge in [-0.1, -0.05) is 67.9 Å². The van der Waals surface area contributed by atoms with Gasteiger partial charge in [-0.25, -0.2) is 0 Å². The van der Waals surface area contributed by atoms with E-state index in [1.807, 2.05) is 12.1 Å². The molecule has 1 aliphatic heterocycles. The van der Waals surface area contributed by atoms with E-state index in [0.29, 0.717) is 11.8 Å². The van der Waals surface area contributed by atoms with Crippen molar-refractivity contribution < 1.29 is 4.74 Å². The molecule has 0 aromatic heterocycles. The van der Waals surface area contributed by atoms with Crippen LogP contribution in [0.4, 0.5) is 5.69 Å². The average molecular weight is 435 g/mol. The van der Waals surface area contributed by atoms with Crippen molar-refractivity contribution in [1.82, 2.24) is 5.32 Å². The molecule has 0 saturated carbocycles. The Balaban J connectivity index is 1.51. The predicted octanol–water partition coefficient (Wildman–Crippen LogP) is 6.14. The van der Waals surface area contributed by atoms with Crippen LogP contribution in [0.2, 0.25) is 5.02 Å². The van der Waals surface area contributed by atoms with Crippen molar-refractivity contribution in [2.75, 3.05) is 24.5 Å². The Morgan fingerprint density at radius 1 is 0.968 bits per heavy atom. The Bertz CT molecular complexity index is 958. The molecular formula is C27H31ClN2O. The van der Waals surface area contributed by atoms with E-state index in [9.17, 15) is 0 Å². The smallest absolute Gasteiger partial charge is 0.120 e. The number of ether oxygens (including phenoxy) is 1. The van der Waals surface area contributed by atoms with E-state index in [4.69, 9.17) is 16.3 Å². The highest BCUT2D eigenvalue weighted by molar-refractivity contribution is 6.30. The van der Waals surface area contributed by atoms with Crippen LogP contribution in [0.25, 0.3) is 0 Å². The summed E-state index contributed by atoms with van der Waals surface area (Å²) in [6.45, 7) is 8.02. The first-order valence-corrected chi connectivity index (χ1v) is 11.5. The number of anilines is 1. The summed E-state index contributed by atoms with van der Waals surface area (Å²) in [5.41, 5.74) is 3.79. The number of hydrogen-bond acceptors (Lipinski definition) is 3. The molecule has 3 aromatic rings. The number of nitrogens with one attached hydrogen (secondary N) is 1. The van der Waals surface area contributed by atoms with Gasteiger partial charge in [0.15, 0.2) is 0 Å². The topological polar surface area (TPSA) is 24.5 Å². The first kappa shape index (κ1) is 21.7. The van der Waals surface area contributed by atoms with Crippen molar-refractivity contribution in [2.45, 2.75) is 32.4 Å². The van der Waals surface area contributed by atoms with E-state index in [1.54, 1.807) is 0 Å². The highest BCUT2D eigenvalue weighted by Gasteiger charge is 2.31. The van der Waals surface area contributed by atoms with E-state index >= 15 is 0 Å². The maximum atomic E-state index is 6.47.